The van der Waals surface area contributed by atoms with Gasteiger partial charge in [-0.25, -0.2) is 4.79 Å². The molecule has 1 atom stereocenters. The molecule has 0 aliphatic carbocycles. The monoisotopic (exact) mass is 393 g/mol. The summed E-state index contributed by atoms with van der Waals surface area (Å²) in [7, 11) is 1.67. The lowest BCUT2D eigenvalue weighted by Crippen LogP contribution is -2.43. The molecule has 0 unspecified atom stereocenters. The highest BCUT2D eigenvalue weighted by Crippen LogP contribution is 2.37. The normalized spacial score (nSPS) is 17.2. The van der Waals surface area contributed by atoms with Gasteiger partial charge in [0.15, 0.2) is 6.61 Å². The summed E-state index contributed by atoms with van der Waals surface area (Å²) in [6.07, 6.45) is 1.81. The quantitative estimate of drug-likeness (QED) is 0.790. The minimum Gasteiger partial charge on any atom is -0.452 e. The van der Waals surface area contributed by atoms with E-state index in [9.17, 15) is 14.4 Å². The molecule has 2 aliphatic rings. The molecule has 150 valence electrons. The van der Waals surface area contributed by atoms with E-state index >= 15 is 0 Å². The zero-order valence-corrected chi connectivity index (χ0v) is 16.3. The Hall–Kier alpha value is -3.35. The molecule has 0 radical (unpaired) electrons. The first-order valence-electron chi connectivity index (χ1n) is 9.69. The summed E-state index contributed by atoms with van der Waals surface area (Å²) in [5.74, 6) is -0.918. The van der Waals surface area contributed by atoms with Crippen LogP contribution in [0.15, 0.2) is 48.5 Å². The van der Waals surface area contributed by atoms with Crippen molar-refractivity contribution in [2.75, 3.05) is 30.4 Å². The Bertz CT molecular complexity index is 944. The fraction of sp³-hybridized carbons (Fsp3) is 0.318. The molecule has 1 fully saturated rings. The molecule has 1 N–H and O–H groups in total. The number of anilines is 2. The first-order chi connectivity index (χ1) is 14.0. The van der Waals surface area contributed by atoms with Crippen LogP contribution in [0.4, 0.5) is 11.4 Å². The molecule has 7 nitrogen and oxygen atoms in total. The molecular formula is C22H23N3O4. The Kier molecular flexibility index (Phi) is 5.20. The highest BCUT2D eigenvalue weighted by molar-refractivity contribution is 6.05. The molecule has 2 aromatic carbocycles. The number of nitrogens with zero attached hydrogens (tertiary/aromatic N) is 2. The summed E-state index contributed by atoms with van der Waals surface area (Å²) in [5, 5.41) is 2.87. The topological polar surface area (TPSA) is 79.0 Å². The molecular weight excluding hydrogens is 370 g/mol. The molecule has 2 aliphatic heterocycles. The fourth-order valence-electron chi connectivity index (χ4n) is 3.82. The summed E-state index contributed by atoms with van der Waals surface area (Å²) in [6.45, 7) is 0.941. The highest BCUT2D eigenvalue weighted by Gasteiger charge is 2.36. The number of benzene rings is 2. The maximum absolute atomic E-state index is 12.4. The summed E-state index contributed by atoms with van der Waals surface area (Å²) >= 11 is 0. The van der Waals surface area contributed by atoms with Crippen molar-refractivity contribution in [3.8, 4) is 0 Å². The third-order valence-electron chi connectivity index (χ3n) is 5.37. The second-order valence-corrected chi connectivity index (χ2v) is 7.38. The Morgan fingerprint density at radius 2 is 2.00 bits per heavy atom. The van der Waals surface area contributed by atoms with Crippen LogP contribution < -0.4 is 10.2 Å². The van der Waals surface area contributed by atoms with E-state index in [1.54, 1.807) is 19.2 Å². The van der Waals surface area contributed by atoms with Crippen molar-refractivity contribution in [1.82, 2.24) is 4.90 Å². The van der Waals surface area contributed by atoms with Crippen LogP contribution in [0.5, 0.6) is 0 Å². The molecule has 2 amide bonds. The third kappa shape index (κ3) is 3.94. The van der Waals surface area contributed by atoms with Gasteiger partial charge < -0.3 is 19.9 Å². The van der Waals surface area contributed by atoms with Crippen molar-refractivity contribution < 1.29 is 19.1 Å². The number of amides is 2. The van der Waals surface area contributed by atoms with E-state index in [0.717, 1.165) is 30.6 Å². The molecule has 0 spiro atoms. The van der Waals surface area contributed by atoms with E-state index < -0.39 is 5.97 Å². The molecule has 0 bridgehead atoms. The van der Waals surface area contributed by atoms with Crippen molar-refractivity contribution in [1.29, 1.82) is 0 Å². The van der Waals surface area contributed by atoms with E-state index in [1.807, 2.05) is 36.4 Å². The number of hydrogen-bond donors (Lipinski definition) is 1. The number of esters is 1. The predicted molar refractivity (Wildman–Crippen MR) is 109 cm³/mol. The highest BCUT2D eigenvalue weighted by atomic mass is 16.5. The Labute approximate surface area is 169 Å². The maximum Gasteiger partial charge on any atom is 0.338 e. The zero-order chi connectivity index (χ0) is 20.4. The number of hydrogen-bond acceptors (Lipinski definition) is 5. The molecule has 0 saturated carbocycles. The molecule has 4 rings (SSSR count). The molecule has 2 heterocycles. The van der Waals surface area contributed by atoms with Gasteiger partial charge in [0.05, 0.1) is 16.9 Å². The Balaban J connectivity index is 1.37. The van der Waals surface area contributed by atoms with Crippen molar-refractivity contribution in [3.63, 3.8) is 0 Å². The van der Waals surface area contributed by atoms with Crippen LogP contribution in [0, 0.1) is 0 Å². The number of rotatable bonds is 5. The average Bonchev–Trinajstić information content (AvgIpc) is 3.23. The second kappa shape index (κ2) is 7.95. The lowest BCUT2D eigenvalue weighted by Gasteiger charge is -2.33. The van der Waals surface area contributed by atoms with Gasteiger partial charge >= 0.3 is 5.97 Å². The van der Waals surface area contributed by atoms with E-state index in [1.165, 1.54) is 4.90 Å². The van der Waals surface area contributed by atoms with Crippen molar-refractivity contribution in [2.24, 2.45) is 0 Å². The largest absolute Gasteiger partial charge is 0.452 e. The van der Waals surface area contributed by atoms with E-state index in [2.05, 4.69) is 10.2 Å². The van der Waals surface area contributed by atoms with E-state index in [0.29, 0.717) is 17.8 Å². The van der Waals surface area contributed by atoms with Gasteiger partial charge in [0.2, 0.25) is 5.91 Å². The third-order valence-corrected chi connectivity index (χ3v) is 5.37. The van der Waals surface area contributed by atoms with Crippen LogP contribution >= 0.6 is 0 Å². The minimum atomic E-state index is -0.591. The van der Waals surface area contributed by atoms with Gasteiger partial charge in [0, 0.05) is 20.1 Å². The summed E-state index contributed by atoms with van der Waals surface area (Å²) in [6, 6.07) is 14.6. The Morgan fingerprint density at radius 3 is 2.79 bits per heavy atom. The fourth-order valence-corrected chi connectivity index (χ4v) is 3.82. The molecule has 1 saturated heterocycles. The molecule has 29 heavy (non-hydrogen) atoms. The van der Waals surface area contributed by atoms with Crippen molar-refractivity contribution in [3.05, 3.63) is 59.7 Å². The van der Waals surface area contributed by atoms with Gasteiger partial charge in [-0.1, -0.05) is 30.3 Å². The summed E-state index contributed by atoms with van der Waals surface area (Å²) in [4.78, 5) is 40.5. The number of nitrogens with one attached hydrogen (secondary N) is 1. The first-order valence-corrected chi connectivity index (χ1v) is 9.69. The van der Waals surface area contributed by atoms with Gasteiger partial charge in [-0.15, -0.1) is 0 Å². The van der Waals surface area contributed by atoms with Gasteiger partial charge in [0.1, 0.15) is 6.04 Å². The summed E-state index contributed by atoms with van der Waals surface area (Å²) in [5.41, 5.74) is 2.83. The maximum atomic E-state index is 12.4. The molecule has 0 aromatic heterocycles. The zero-order valence-electron chi connectivity index (χ0n) is 16.3. The van der Waals surface area contributed by atoms with E-state index in [4.69, 9.17) is 4.74 Å². The molecule has 7 heteroatoms. The van der Waals surface area contributed by atoms with Crippen molar-refractivity contribution >= 4 is 29.2 Å². The molecule has 2 aromatic rings. The SMILES string of the molecule is CN(Cc1ccccc1)C(=O)COC(=O)c1ccc2c(c1)NC(=O)[C@@H]1CCCN21. The van der Waals surface area contributed by atoms with Gasteiger partial charge in [-0.3, -0.25) is 9.59 Å². The van der Waals surface area contributed by atoms with E-state index in [-0.39, 0.29) is 24.5 Å². The van der Waals surface area contributed by atoms with Crippen molar-refractivity contribution in [2.45, 2.75) is 25.4 Å². The van der Waals surface area contributed by atoms with Gasteiger partial charge in [-0.2, -0.15) is 0 Å². The van der Waals surface area contributed by atoms with Crippen LogP contribution in [-0.2, 0) is 20.9 Å². The van der Waals surface area contributed by atoms with Crippen LogP contribution in [0.3, 0.4) is 0 Å². The minimum absolute atomic E-state index is 0.0433. The lowest BCUT2D eigenvalue weighted by atomic mass is 10.1. The number of fused-ring (bicyclic) bond motifs is 3. The van der Waals surface area contributed by atoms with Crippen LogP contribution in [-0.4, -0.2) is 48.9 Å². The average molecular weight is 393 g/mol. The number of carbonyl (C=O) groups excluding carboxylic acids is 3. The van der Waals surface area contributed by atoms with Crippen LogP contribution in [0.2, 0.25) is 0 Å². The second-order valence-electron chi connectivity index (χ2n) is 7.38. The van der Waals surface area contributed by atoms with Crippen LogP contribution in [0.25, 0.3) is 0 Å². The number of ether oxygens (including phenoxy) is 1. The standard InChI is InChI=1S/C22H23N3O4/c1-24(13-15-6-3-2-4-7-15)20(26)14-29-22(28)16-9-10-18-17(12-16)23-21(27)19-8-5-11-25(18)19/h2-4,6-7,9-10,12,19H,5,8,11,13-14H2,1H3,(H,23,27)/t19-/m0/s1. The number of carbonyl (C=O) groups is 3. The summed E-state index contributed by atoms with van der Waals surface area (Å²) < 4.78 is 5.20. The first kappa shape index (κ1) is 19.0. The van der Waals surface area contributed by atoms with Gasteiger partial charge in [-0.05, 0) is 36.6 Å². The smallest absolute Gasteiger partial charge is 0.338 e. The Morgan fingerprint density at radius 1 is 1.21 bits per heavy atom. The predicted octanol–water partition coefficient (Wildman–Crippen LogP) is 2.42. The van der Waals surface area contributed by atoms with Crippen LogP contribution in [0.1, 0.15) is 28.8 Å². The lowest BCUT2D eigenvalue weighted by molar-refractivity contribution is -0.133. The number of likely N-dealkylation sites (N-methyl/N-ethyl adjacent to an activating group) is 1. The van der Waals surface area contributed by atoms with Gasteiger partial charge in [0.25, 0.3) is 5.91 Å².